The van der Waals surface area contributed by atoms with Gasteiger partial charge < -0.3 is 18.9 Å². The van der Waals surface area contributed by atoms with Crippen molar-refractivity contribution >= 4 is 0 Å². The van der Waals surface area contributed by atoms with Crippen LogP contribution in [0.15, 0.2) is 73.8 Å². The summed E-state index contributed by atoms with van der Waals surface area (Å²) in [5.41, 5.74) is 1.99. The third-order valence-electron chi connectivity index (χ3n) is 5.30. The second kappa shape index (κ2) is 14.7. The van der Waals surface area contributed by atoms with Crippen molar-refractivity contribution in [3.63, 3.8) is 0 Å². The van der Waals surface area contributed by atoms with E-state index in [1.807, 2.05) is 60.7 Å². The zero-order valence-corrected chi connectivity index (χ0v) is 19.6. The summed E-state index contributed by atoms with van der Waals surface area (Å²) in [5, 5.41) is 0. The van der Waals surface area contributed by atoms with Gasteiger partial charge in [0.15, 0.2) is 0 Å². The van der Waals surface area contributed by atoms with E-state index in [1.165, 1.54) is 0 Å². The molecule has 0 N–H and O–H groups in total. The standard InChI is InChI=1S/C30H32O4/c1-3-15-27-25-17-7-9-19-29(25)33-23-13-14-24-34-30-20-10-8-18-26(30)28(16-4-2)32-22-12-6-5-11-21-31-27/h3-4,7-10,17-20,27-28H,1-2,13-16,21-24H2/t27-,28-/m1/s1. The Morgan fingerprint density at radius 3 is 1.59 bits per heavy atom. The average Bonchev–Trinajstić information content (AvgIpc) is 2.86. The third-order valence-corrected chi connectivity index (χ3v) is 5.30. The first kappa shape index (κ1) is 25.2. The van der Waals surface area contributed by atoms with Crippen molar-refractivity contribution in [2.24, 2.45) is 0 Å². The summed E-state index contributed by atoms with van der Waals surface area (Å²) in [7, 11) is 0. The van der Waals surface area contributed by atoms with Crippen molar-refractivity contribution in [3.8, 4) is 35.2 Å². The molecule has 4 nitrogen and oxygen atoms in total. The Hall–Kier alpha value is -3.44. The highest BCUT2D eigenvalue weighted by molar-refractivity contribution is 5.37. The summed E-state index contributed by atoms with van der Waals surface area (Å²) in [6.45, 7) is 9.47. The van der Waals surface area contributed by atoms with E-state index in [4.69, 9.17) is 18.9 Å². The van der Waals surface area contributed by atoms with Gasteiger partial charge in [0.1, 0.15) is 24.7 Å². The van der Waals surface area contributed by atoms with Crippen molar-refractivity contribution in [1.82, 2.24) is 0 Å². The average molecular weight is 457 g/mol. The normalized spacial score (nSPS) is 19.2. The van der Waals surface area contributed by atoms with Gasteiger partial charge in [-0.05, 0) is 49.7 Å². The van der Waals surface area contributed by atoms with Crippen LogP contribution in [-0.2, 0) is 9.47 Å². The first-order valence-electron chi connectivity index (χ1n) is 11.7. The van der Waals surface area contributed by atoms with E-state index >= 15 is 0 Å². The lowest BCUT2D eigenvalue weighted by atomic mass is 10.1. The highest BCUT2D eigenvalue weighted by Crippen LogP contribution is 2.31. The van der Waals surface area contributed by atoms with Crippen LogP contribution < -0.4 is 9.47 Å². The van der Waals surface area contributed by atoms with Gasteiger partial charge in [-0.1, -0.05) is 60.4 Å². The first-order chi connectivity index (χ1) is 16.8. The smallest absolute Gasteiger partial charge is 0.125 e. The van der Waals surface area contributed by atoms with Gasteiger partial charge in [-0.25, -0.2) is 0 Å². The minimum absolute atomic E-state index is 0.176. The summed E-state index contributed by atoms with van der Waals surface area (Å²) >= 11 is 0. The van der Waals surface area contributed by atoms with Gasteiger partial charge in [0.25, 0.3) is 0 Å². The van der Waals surface area contributed by atoms with Gasteiger partial charge in [-0.2, -0.15) is 0 Å². The maximum atomic E-state index is 6.11. The number of ether oxygens (including phenoxy) is 4. The minimum atomic E-state index is -0.176. The summed E-state index contributed by atoms with van der Waals surface area (Å²) < 4.78 is 24.3. The Morgan fingerprint density at radius 1 is 0.706 bits per heavy atom. The molecule has 34 heavy (non-hydrogen) atoms. The minimum Gasteiger partial charge on any atom is -0.493 e. The van der Waals surface area contributed by atoms with Gasteiger partial charge in [0.05, 0.1) is 25.4 Å². The maximum absolute atomic E-state index is 6.11. The number of fused-ring (bicyclic) bond motifs is 2. The maximum Gasteiger partial charge on any atom is 0.125 e. The SMILES string of the molecule is C=CC[C@H]1OCC#CC#CCO[C@H](CC=C)c2ccccc2OCCCCOc2ccccc21. The lowest BCUT2D eigenvalue weighted by Gasteiger charge is -2.20. The van der Waals surface area contributed by atoms with Crippen LogP contribution >= 0.6 is 0 Å². The van der Waals surface area contributed by atoms with Crippen LogP contribution in [0.1, 0.15) is 49.0 Å². The van der Waals surface area contributed by atoms with E-state index in [9.17, 15) is 0 Å². The van der Waals surface area contributed by atoms with Gasteiger partial charge >= 0.3 is 0 Å². The van der Waals surface area contributed by atoms with Crippen LogP contribution in [0.2, 0.25) is 0 Å². The summed E-state index contributed by atoms with van der Waals surface area (Å²) in [5.74, 6) is 13.3. The summed E-state index contributed by atoms with van der Waals surface area (Å²) in [6.07, 6.45) is 6.42. The molecule has 176 valence electrons. The predicted octanol–water partition coefficient (Wildman–Crippen LogP) is 6.21. The number of hydrogen-bond donors (Lipinski definition) is 0. The summed E-state index contributed by atoms with van der Waals surface area (Å²) in [6, 6.07) is 15.9. The molecule has 0 bridgehead atoms. The Morgan fingerprint density at radius 2 is 1.15 bits per heavy atom. The molecular formula is C30H32O4. The molecule has 0 unspecified atom stereocenters. The largest absolute Gasteiger partial charge is 0.493 e. The predicted molar refractivity (Wildman–Crippen MR) is 136 cm³/mol. The van der Waals surface area contributed by atoms with Gasteiger partial charge in [0.2, 0.25) is 0 Å². The quantitative estimate of drug-likeness (QED) is 0.405. The molecule has 1 aliphatic rings. The fraction of sp³-hybridized carbons (Fsp3) is 0.333. The van der Waals surface area contributed by atoms with E-state index in [1.54, 1.807) is 0 Å². The van der Waals surface area contributed by atoms with E-state index in [-0.39, 0.29) is 25.4 Å². The molecule has 3 rings (SSSR count). The molecule has 0 saturated heterocycles. The van der Waals surface area contributed by atoms with Crippen LogP contribution in [0.5, 0.6) is 11.5 Å². The lowest BCUT2D eigenvalue weighted by Crippen LogP contribution is -2.10. The monoisotopic (exact) mass is 456 g/mol. The van der Waals surface area contributed by atoms with Crippen molar-refractivity contribution in [1.29, 1.82) is 0 Å². The van der Waals surface area contributed by atoms with Crippen LogP contribution in [-0.4, -0.2) is 26.4 Å². The number of rotatable bonds is 4. The topological polar surface area (TPSA) is 36.9 Å². The van der Waals surface area contributed by atoms with Crippen LogP contribution in [0.4, 0.5) is 0 Å². The fourth-order valence-corrected chi connectivity index (χ4v) is 3.64. The van der Waals surface area contributed by atoms with Crippen molar-refractivity contribution in [3.05, 3.63) is 85.0 Å². The Labute approximate surface area is 203 Å². The molecule has 0 saturated carbocycles. The molecule has 4 heteroatoms. The van der Waals surface area contributed by atoms with Gasteiger partial charge in [-0.3, -0.25) is 0 Å². The number of para-hydroxylation sites is 2. The second-order valence-electron chi connectivity index (χ2n) is 7.73. The molecule has 1 heterocycles. The highest BCUT2D eigenvalue weighted by atomic mass is 16.5. The first-order valence-corrected chi connectivity index (χ1v) is 11.7. The van der Waals surface area contributed by atoms with Crippen molar-refractivity contribution in [2.75, 3.05) is 26.4 Å². The Balaban J connectivity index is 1.77. The second-order valence-corrected chi connectivity index (χ2v) is 7.73. The highest BCUT2D eigenvalue weighted by Gasteiger charge is 2.16. The molecule has 0 fully saturated rings. The van der Waals surface area contributed by atoms with Gasteiger partial charge in [0, 0.05) is 11.1 Å². The van der Waals surface area contributed by atoms with Crippen LogP contribution in [0.3, 0.4) is 0 Å². The molecule has 2 aromatic carbocycles. The molecular weight excluding hydrogens is 424 g/mol. The molecule has 0 spiro atoms. The molecule has 2 atom stereocenters. The zero-order valence-electron chi connectivity index (χ0n) is 19.6. The Kier molecular flexibility index (Phi) is 10.9. The molecule has 1 aliphatic heterocycles. The third kappa shape index (κ3) is 7.85. The fourth-order valence-electron chi connectivity index (χ4n) is 3.64. The molecule has 0 aromatic heterocycles. The van der Waals surface area contributed by atoms with Gasteiger partial charge in [-0.15, -0.1) is 13.2 Å². The molecule has 0 amide bonds. The van der Waals surface area contributed by atoms with Crippen LogP contribution in [0, 0.1) is 23.7 Å². The van der Waals surface area contributed by atoms with Crippen molar-refractivity contribution < 1.29 is 18.9 Å². The molecule has 0 radical (unpaired) electrons. The lowest BCUT2D eigenvalue weighted by molar-refractivity contribution is 0.0767. The van der Waals surface area contributed by atoms with Crippen LogP contribution in [0.25, 0.3) is 0 Å². The van der Waals surface area contributed by atoms with E-state index in [2.05, 4.69) is 36.8 Å². The van der Waals surface area contributed by atoms with E-state index in [0.29, 0.717) is 26.1 Å². The molecule has 0 aliphatic carbocycles. The zero-order chi connectivity index (χ0) is 23.8. The number of benzene rings is 2. The Bertz CT molecular complexity index is 965. The summed E-state index contributed by atoms with van der Waals surface area (Å²) in [4.78, 5) is 0. The van der Waals surface area contributed by atoms with E-state index in [0.717, 1.165) is 35.5 Å². The van der Waals surface area contributed by atoms with E-state index < -0.39 is 0 Å². The molecule has 2 aromatic rings. The van der Waals surface area contributed by atoms with Crippen molar-refractivity contribution in [2.45, 2.75) is 37.9 Å². The number of hydrogen-bond acceptors (Lipinski definition) is 4.